The third-order valence-electron chi connectivity index (χ3n) is 3.33. The smallest absolute Gasteiger partial charge is 0.313 e. The number of nitrogens with zero attached hydrogens (tertiary/aromatic N) is 1. The number of amides is 2. The van der Waals surface area contributed by atoms with Gasteiger partial charge in [-0.15, -0.1) is 0 Å². The summed E-state index contributed by atoms with van der Waals surface area (Å²) in [5.74, 6) is -1.45. The Morgan fingerprint density at radius 2 is 1.91 bits per heavy atom. The molecule has 0 radical (unpaired) electrons. The zero-order valence-corrected chi connectivity index (χ0v) is 13.5. The lowest BCUT2D eigenvalue weighted by molar-refractivity contribution is -0.136. The molecule has 1 heterocycles. The molecule has 1 aliphatic rings. The maximum atomic E-state index is 11.8. The van der Waals surface area contributed by atoms with Crippen molar-refractivity contribution in [3.63, 3.8) is 0 Å². The maximum absolute atomic E-state index is 11.8. The Morgan fingerprint density at radius 3 is 2.64 bits per heavy atom. The summed E-state index contributed by atoms with van der Waals surface area (Å²) in [5, 5.41) is 8.83. The van der Waals surface area contributed by atoms with Crippen molar-refractivity contribution in [2.45, 2.75) is 0 Å². The topological polar surface area (TPSA) is 73.5 Å². The van der Waals surface area contributed by atoms with Gasteiger partial charge in [-0.1, -0.05) is 29.3 Å². The lowest BCUT2D eigenvalue weighted by Crippen LogP contribution is -2.47. The van der Waals surface area contributed by atoms with E-state index in [4.69, 9.17) is 23.2 Å². The number of anilines is 1. The quantitative estimate of drug-likeness (QED) is 0.711. The highest BCUT2D eigenvalue weighted by atomic mass is 35.5. The molecule has 8 heteroatoms. The standard InChI is InChI=1S/C14H18Cl2N4O2/c15-10-2-1-3-11(12(10)16)19-14(22)13(21)18-6-9-20-7-4-17-5-8-20/h1-3,17H,4-9H2,(H,18,21)(H,19,22). The Morgan fingerprint density at radius 1 is 1.18 bits per heavy atom. The molecule has 0 bridgehead atoms. The van der Waals surface area contributed by atoms with Crippen molar-refractivity contribution in [1.82, 2.24) is 15.5 Å². The summed E-state index contributed by atoms with van der Waals surface area (Å²) in [7, 11) is 0. The van der Waals surface area contributed by atoms with Crippen molar-refractivity contribution in [2.75, 3.05) is 44.6 Å². The number of rotatable bonds is 4. The second-order valence-corrected chi connectivity index (χ2v) is 5.69. The minimum absolute atomic E-state index is 0.214. The third-order valence-corrected chi connectivity index (χ3v) is 4.15. The molecule has 0 aromatic heterocycles. The van der Waals surface area contributed by atoms with Crippen molar-refractivity contribution in [3.05, 3.63) is 28.2 Å². The Hall–Kier alpha value is -1.34. The van der Waals surface area contributed by atoms with E-state index in [1.54, 1.807) is 18.2 Å². The van der Waals surface area contributed by atoms with Gasteiger partial charge in [0.15, 0.2) is 0 Å². The average molecular weight is 345 g/mol. The van der Waals surface area contributed by atoms with Crippen LogP contribution in [-0.2, 0) is 9.59 Å². The van der Waals surface area contributed by atoms with Gasteiger partial charge in [0.05, 0.1) is 15.7 Å². The molecule has 0 saturated carbocycles. The van der Waals surface area contributed by atoms with Crippen LogP contribution in [0.3, 0.4) is 0 Å². The first kappa shape index (κ1) is 17.0. The maximum Gasteiger partial charge on any atom is 0.313 e. The molecule has 120 valence electrons. The fourth-order valence-electron chi connectivity index (χ4n) is 2.12. The number of hydrogen-bond donors (Lipinski definition) is 3. The van der Waals surface area contributed by atoms with Gasteiger partial charge in [0.25, 0.3) is 0 Å². The largest absolute Gasteiger partial charge is 0.347 e. The molecular formula is C14H18Cl2N4O2. The van der Waals surface area contributed by atoms with Crippen LogP contribution in [0.4, 0.5) is 5.69 Å². The van der Waals surface area contributed by atoms with Crippen molar-refractivity contribution in [1.29, 1.82) is 0 Å². The number of carbonyl (C=O) groups excluding carboxylic acids is 2. The SMILES string of the molecule is O=C(NCCN1CCNCC1)C(=O)Nc1cccc(Cl)c1Cl. The molecule has 2 amide bonds. The molecule has 0 aliphatic carbocycles. The van der Waals surface area contributed by atoms with E-state index in [0.717, 1.165) is 32.7 Å². The zero-order chi connectivity index (χ0) is 15.9. The summed E-state index contributed by atoms with van der Waals surface area (Å²) < 4.78 is 0. The van der Waals surface area contributed by atoms with E-state index in [1.807, 2.05) is 0 Å². The fourth-order valence-corrected chi connectivity index (χ4v) is 2.47. The number of piperazine rings is 1. The predicted octanol–water partition coefficient (Wildman–Crippen LogP) is 0.953. The van der Waals surface area contributed by atoms with E-state index < -0.39 is 11.8 Å². The van der Waals surface area contributed by atoms with Crippen LogP contribution < -0.4 is 16.0 Å². The molecule has 3 N–H and O–H groups in total. The van der Waals surface area contributed by atoms with Gasteiger partial charge < -0.3 is 16.0 Å². The number of hydrogen-bond acceptors (Lipinski definition) is 4. The van der Waals surface area contributed by atoms with E-state index in [1.165, 1.54) is 0 Å². The van der Waals surface area contributed by atoms with Gasteiger partial charge >= 0.3 is 11.8 Å². The van der Waals surface area contributed by atoms with Gasteiger partial charge in [-0.25, -0.2) is 0 Å². The minimum Gasteiger partial charge on any atom is -0.347 e. The summed E-state index contributed by atoms with van der Waals surface area (Å²) in [6.07, 6.45) is 0. The summed E-state index contributed by atoms with van der Waals surface area (Å²) in [6.45, 7) is 4.93. The molecule has 1 aromatic carbocycles. The zero-order valence-electron chi connectivity index (χ0n) is 12.0. The monoisotopic (exact) mass is 344 g/mol. The highest BCUT2D eigenvalue weighted by Crippen LogP contribution is 2.29. The lowest BCUT2D eigenvalue weighted by atomic mass is 10.3. The molecule has 1 aliphatic heterocycles. The van der Waals surface area contributed by atoms with Gasteiger partial charge in [0.1, 0.15) is 0 Å². The highest BCUT2D eigenvalue weighted by molar-refractivity contribution is 6.45. The number of nitrogens with one attached hydrogen (secondary N) is 3. The normalized spacial score (nSPS) is 15.4. The predicted molar refractivity (Wildman–Crippen MR) is 87.4 cm³/mol. The summed E-state index contributed by atoms with van der Waals surface area (Å²) in [4.78, 5) is 25.8. The van der Waals surface area contributed by atoms with Crippen LogP contribution in [0.15, 0.2) is 18.2 Å². The van der Waals surface area contributed by atoms with E-state index in [-0.39, 0.29) is 5.02 Å². The second-order valence-electron chi connectivity index (χ2n) is 4.90. The van der Waals surface area contributed by atoms with Gasteiger partial charge in [0, 0.05) is 39.3 Å². The molecule has 1 saturated heterocycles. The van der Waals surface area contributed by atoms with Gasteiger partial charge in [-0.05, 0) is 12.1 Å². The molecule has 0 atom stereocenters. The van der Waals surface area contributed by atoms with Crippen LogP contribution in [-0.4, -0.2) is 56.0 Å². The van der Waals surface area contributed by atoms with Gasteiger partial charge in [0.2, 0.25) is 0 Å². The number of carbonyl (C=O) groups is 2. The molecule has 0 spiro atoms. The van der Waals surface area contributed by atoms with Crippen molar-refractivity contribution < 1.29 is 9.59 Å². The summed E-state index contributed by atoms with van der Waals surface area (Å²) >= 11 is 11.8. The molecule has 6 nitrogen and oxygen atoms in total. The Bertz CT molecular complexity index is 548. The van der Waals surface area contributed by atoms with Crippen molar-refractivity contribution in [2.24, 2.45) is 0 Å². The second kappa shape index (κ2) is 8.33. The molecule has 1 aromatic rings. The van der Waals surface area contributed by atoms with E-state index >= 15 is 0 Å². The number of benzene rings is 1. The van der Waals surface area contributed by atoms with Crippen LogP contribution in [0.2, 0.25) is 10.0 Å². The van der Waals surface area contributed by atoms with Crippen LogP contribution >= 0.6 is 23.2 Å². The molecule has 2 rings (SSSR count). The van der Waals surface area contributed by atoms with Crippen molar-refractivity contribution >= 4 is 40.7 Å². The first-order chi connectivity index (χ1) is 10.6. The van der Waals surface area contributed by atoms with E-state index in [9.17, 15) is 9.59 Å². The summed E-state index contributed by atoms with van der Waals surface area (Å²) in [5.41, 5.74) is 0.316. The minimum atomic E-state index is -0.760. The summed E-state index contributed by atoms with van der Waals surface area (Å²) in [6, 6.07) is 4.83. The van der Waals surface area contributed by atoms with Crippen molar-refractivity contribution in [3.8, 4) is 0 Å². The van der Waals surface area contributed by atoms with E-state index in [2.05, 4.69) is 20.9 Å². The Labute approximate surface area is 139 Å². The third kappa shape index (κ3) is 4.84. The van der Waals surface area contributed by atoms with Crippen LogP contribution in [0.25, 0.3) is 0 Å². The molecule has 22 heavy (non-hydrogen) atoms. The van der Waals surface area contributed by atoms with Gasteiger partial charge in [-0.3, -0.25) is 14.5 Å². The lowest BCUT2D eigenvalue weighted by Gasteiger charge is -2.26. The first-order valence-electron chi connectivity index (χ1n) is 7.04. The molecule has 0 unspecified atom stereocenters. The fraction of sp³-hybridized carbons (Fsp3) is 0.429. The number of halogens is 2. The Kier molecular flexibility index (Phi) is 6.45. The van der Waals surface area contributed by atoms with Gasteiger partial charge in [-0.2, -0.15) is 0 Å². The van der Waals surface area contributed by atoms with Crippen LogP contribution in [0.5, 0.6) is 0 Å². The average Bonchev–Trinajstić information content (AvgIpc) is 2.52. The first-order valence-corrected chi connectivity index (χ1v) is 7.80. The Balaban J connectivity index is 1.77. The van der Waals surface area contributed by atoms with Crippen LogP contribution in [0, 0.1) is 0 Å². The van der Waals surface area contributed by atoms with Crippen LogP contribution in [0.1, 0.15) is 0 Å². The highest BCUT2D eigenvalue weighted by Gasteiger charge is 2.16. The van der Waals surface area contributed by atoms with E-state index in [0.29, 0.717) is 17.3 Å². The molecule has 1 fully saturated rings. The molecular weight excluding hydrogens is 327 g/mol.